The van der Waals surface area contributed by atoms with Crippen LogP contribution in [0.2, 0.25) is 0 Å². The third-order valence-electron chi connectivity index (χ3n) is 7.62. The van der Waals surface area contributed by atoms with Gasteiger partial charge in [-0.15, -0.1) is 0 Å². The number of amides is 2. The van der Waals surface area contributed by atoms with Crippen LogP contribution in [0.15, 0.2) is 72.6 Å². The van der Waals surface area contributed by atoms with Gasteiger partial charge in [0.1, 0.15) is 17.7 Å². The van der Waals surface area contributed by atoms with Crippen LogP contribution in [0.25, 0.3) is 5.57 Å². The lowest BCUT2D eigenvalue weighted by Crippen LogP contribution is -2.35. The molecule has 0 radical (unpaired) electrons. The van der Waals surface area contributed by atoms with Crippen LogP contribution in [0.3, 0.4) is 0 Å². The molecule has 0 unspecified atom stereocenters. The van der Waals surface area contributed by atoms with E-state index in [1.165, 1.54) is 23.2 Å². The number of halogens is 1. The van der Waals surface area contributed by atoms with Crippen LogP contribution in [0.5, 0.6) is 5.75 Å². The Hall–Kier alpha value is -4.24. The molecule has 2 aliphatic heterocycles. The van der Waals surface area contributed by atoms with E-state index in [9.17, 15) is 19.1 Å². The van der Waals surface area contributed by atoms with Gasteiger partial charge in [0.2, 0.25) is 0 Å². The largest absolute Gasteiger partial charge is 0.489 e. The first-order chi connectivity index (χ1) is 19.9. The average Bonchev–Trinajstić information content (AvgIpc) is 2.99. The second-order valence-corrected chi connectivity index (χ2v) is 10.4. The molecule has 41 heavy (non-hydrogen) atoms. The van der Waals surface area contributed by atoms with Crippen molar-refractivity contribution in [3.8, 4) is 5.75 Å². The molecule has 0 saturated carbocycles. The van der Waals surface area contributed by atoms with E-state index in [0.717, 1.165) is 40.7 Å². The maximum atomic E-state index is 13.7. The molecule has 3 heterocycles. The highest BCUT2D eigenvalue weighted by molar-refractivity contribution is 5.94. The highest BCUT2D eigenvalue weighted by Gasteiger charge is 2.22. The van der Waals surface area contributed by atoms with Crippen LogP contribution in [-0.4, -0.2) is 59.4 Å². The number of piperidine rings is 1. The lowest BCUT2D eigenvalue weighted by Gasteiger charge is -2.28. The minimum Gasteiger partial charge on any atom is -0.489 e. The van der Waals surface area contributed by atoms with E-state index in [1.54, 1.807) is 24.4 Å². The number of carboxylic acid groups (broad SMARTS) is 1. The Bertz CT molecular complexity index is 1390. The molecule has 9 heteroatoms. The third-order valence-corrected chi connectivity index (χ3v) is 7.62. The van der Waals surface area contributed by atoms with E-state index < -0.39 is 6.09 Å². The molecule has 0 spiro atoms. The fourth-order valence-electron chi connectivity index (χ4n) is 5.30. The van der Waals surface area contributed by atoms with Crippen LogP contribution in [-0.2, 0) is 4.74 Å². The topological polar surface area (TPSA) is 101 Å². The molecule has 2 N–H and O–H groups in total. The van der Waals surface area contributed by atoms with Gasteiger partial charge in [0.05, 0.1) is 31.0 Å². The van der Waals surface area contributed by atoms with Crippen molar-refractivity contribution in [1.82, 2.24) is 15.2 Å². The molecule has 8 nitrogen and oxygen atoms in total. The zero-order valence-corrected chi connectivity index (χ0v) is 23.0. The Kier molecular flexibility index (Phi) is 8.94. The Labute approximate surface area is 238 Å². The van der Waals surface area contributed by atoms with E-state index in [1.807, 2.05) is 31.2 Å². The lowest BCUT2D eigenvalue weighted by atomic mass is 9.88. The van der Waals surface area contributed by atoms with Crippen molar-refractivity contribution in [1.29, 1.82) is 0 Å². The van der Waals surface area contributed by atoms with Crippen molar-refractivity contribution in [2.45, 2.75) is 44.8 Å². The summed E-state index contributed by atoms with van der Waals surface area (Å²) in [5.41, 5.74) is 5.32. The van der Waals surface area contributed by atoms with E-state index in [-0.39, 0.29) is 23.9 Å². The normalized spacial score (nSPS) is 16.6. The summed E-state index contributed by atoms with van der Waals surface area (Å²) in [4.78, 5) is 30.0. The Morgan fingerprint density at radius 3 is 2.27 bits per heavy atom. The van der Waals surface area contributed by atoms with Gasteiger partial charge in [-0.3, -0.25) is 9.78 Å². The summed E-state index contributed by atoms with van der Waals surface area (Å²) in [6, 6.07) is 15.8. The molecule has 0 aliphatic carbocycles. The fraction of sp³-hybridized carbons (Fsp3) is 0.344. The standard InChI is InChI=1S/C32H34FN3O5/c1-21(35-31(37)26-18-29(20-34-19-26)41-28-12-16-40-17-13-28)22-2-4-23(5-3-22)30(24-6-8-27(33)9-7-24)25-10-14-36(15-11-25)32(38)39/h2-9,18-21,28H,10-17H2,1H3,(H,35,37)(H,38,39)/t21-/m1/s1. The van der Waals surface area contributed by atoms with Gasteiger partial charge in [0.25, 0.3) is 5.91 Å². The number of pyridine rings is 1. The van der Waals surface area contributed by atoms with Gasteiger partial charge in [0, 0.05) is 32.1 Å². The van der Waals surface area contributed by atoms with Crippen LogP contribution < -0.4 is 10.1 Å². The molecule has 1 atom stereocenters. The molecule has 2 fully saturated rings. The summed E-state index contributed by atoms with van der Waals surface area (Å²) < 4.78 is 25.1. The van der Waals surface area contributed by atoms with Crippen LogP contribution in [0.4, 0.5) is 9.18 Å². The fourth-order valence-corrected chi connectivity index (χ4v) is 5.30. The summed E-state index contributed by atoms with van der Waals surface area (Å²) in [6.07, 6.45) is 5.12. The molecule has 5 rings (SSSR count). The van der Waals surface area contributed by atoms with E-state index in [4.69, 9.17) is 9.47 Å². The molecular formula is C32H34FN3O5. The van der Waals surface area contributed by atoms with Crippen molar-refractivity contribution in [3.05, 3.63) is 101 Å². The highest BCUT2D eigenvalue weighted by Crippen LogP contribution is 2.33. The van der Waals surface area contributed by atoms with Gasteiger partial charge < -0.3 is 24.8 Å². The monoisotopic (exact) mass is 559 g/mol. The van der Waals surface area contributed by atoms with Crippen molar-refractivity contribution in [3.63, 3.8) is 0 Å². The molecule has 1 aromatic heterocycles. The van der Waals surface area contributed by atoms with E-state index in [2.05, 4.69) is 10.3 Å². The first kappa shape index (κ1) is 28.3. The molecule has 2 amide bonds. The molecule has 2 aromatic carbocycles. The summed E-state index contributed by atoms with van der Waals surface area (Å²) in [5.74, 6) is 0.0116. The quantitative estimate of drug-likeness (QED) is 0.377. The van der Waals surface area contributed by atoms with E-state index >= 15 is 0 Å². The first-order valence-corrected chi connectivity index (χ1v) is 13.9. The summed E-state index contributed by atoms with van der Waals surface area (Å²) in [5, 5.41) is 12.4. The predicted molar refractivity (Wildman–Crippen MR) is 152 cm³/mol. The van der Waals surface area contributed by atoms with Crippen LogP contribution >= 0.6 is 0 Å². The maximum Gasteiger partial charge on any atom is 0.407 e. The van der Waals surface area contributed by atoms with Crippen molar-refractivity contribution in [2.75, 3.05) is 26.3 Å². The van der Waals surface area contributed by atoms with Gasteiger partial charge in [-0.25, -0.2) is 9.18 Å². The van der Waals surface area contributed by atoms with Crippen LogP contribution in [0.1, 0.15) is 65.7 Å². The minimum absolute atomic E-state index is 0.0563. The van der Waals surface area contributed by atoms with Crippen molar-refractivity contribution >= 4 is 17.6 Å². The first-order valence-electron chi connectivity index (χ1n) is 13.9. The molecule has 2 saturated heterocycles. The summed E-state index contributed by atoms with van der Waals surface area (Å²) in [6.45, 7) is 4.10. The van der Waals surface area contributed by atoms with Gasteiger partial charge in [-0.05, 0) is 60.2 Å². The Morgan fingerprint density at radius 1 is 1.00 bits per heavy atom. The molecule has 0 bridgehead atoms. The third kappa shape index (κ3) is 7.10. The number of likely N-dealkylation sites (tertiary alicyclic amines) is 1. The zero-order valence-electron chi connectivity index (χ0n) is 23.0. The number of hydrogen-bond donors (Lipinski definition) is 2. The number of hydrogen-bond acceptors (Lipinski definition) is 5. The van der Waals surface area contributed by atoms with Gasteiger partial charge >= 0.3 is 6.09 Å². The Morgan fingerprint density at radius 2 is 1.63 bits per heavy atom. The van der Waals surface area contributed by atoms with Gasteiger partial charge in [0.15, 0.2) is 0 Å². The molecule has 2 aliphatic rings. The number of nitrogens with zero attached hydrogens (tertiary/aromatic N) is 2. The minimum atomic E-state index is -0.915. The summed E-state index contributed by atoms with van der Waals surface area (Å²) in [7, 11) is 0. The number of rotatable bonds is 7. The number of aromatic nitrogens is 1. The van der Waals surface area contributed by atoms with E-state index in [0.29, 0.717) is 50.5 Å². The summed E-state index contributed by atoms with van der Waals surface area (Å²) >= 11 is 0. The molecular weight excluding hydrogens is 525 g/mol. The average molecular weight is 560 g/mol. The van der Waals surface area contributed by atoms with Crippen molar-refractivity contribution in [2.24, 2.45) is 0 Å². The highest BCUT2D eigenvalue weighted by atomic mass is 19.1. The predicted octanol–water partition coefficient (Wildman–Crippen LogP) is 5.85. The zero-order chi connectivity index (χ0) is 28.8. The number of nitrogens with one attached hydrogen (secondary N) is 1. The van der Waals surface area contributed by atoms with Gasteiger partial charge in [-0.1, -0.05) is 42.0 Å². The SMILES string of the molecule is C[C@@H](NC(=O)c1cncc(OC2CCOCC2)c1)c1ccc(C(=C2CCN(C(=O)O)CC2)c2ccc(F)cc2)cc1. The lowest BCUT2D eigenvalue weighted by molar-refractivity contribution is 0.0253. The second kappa shape index (κ2) is 13.0. The maximum absolute atomic E-state index is 13.7. The Balaban J connectivity index is 1.30. The number of carbonyl (C=O) groups excluding carboxylic acids is 1. The number of benzene rings is 2. The number of ether oxygens (including phenoxy) is 2. The smallest absolute Gasteiger partial charge is 0.407 e. The second-order valence-electron chi connectivity index (χ2n) is 10.4. The van der Waals surface area contributed by atoms with Crippen LogP contribution in [0, 0.1) is 5.82 Å². The van der Waals surface area contributed by atoms with Gasteiger partial charge in [-0.2, -0.15) is 0 Å². The van der Waals surface area contributed by atoms with Crippen molar-refractivity contribution < 1.29 is 28.6 Å². The molecule has 214 valence electrons. The number of carbonyl (C=O) groups is 2. The molecule has 3 aromatic rings.